The van der Waals surface area contributed by atoms with E-state index in [-0.39, 0.29) is 17.8 Å². The number of esters is 1. The Morgan fingerprint density at radius 3 is 2.54 bits per heavy atom. The van der Waals surface area contributed by atoms with Gasteiger partial charge in [-0.25, -0.2) is 0 Å². The van der Waals surface area contributed by atoms with Gasteiger partial charge in [-0.15, -0.1) is 0 Å². The van der Waals surface area contributed by atoms with Crippen molar-refractivity contribution in [1.82, 2.24) is 5.32 Å². The second-order valence-corrected chi connectivity index (χ2v) is 6.62. The molecule has 1 fully saturated rings. The van der Waals surface area contributed by atoms with E-state index in [9.17, 15) is 9.59 Å². The molecule has 1 aliphatic heterocycles. The molecule has 1 amide bonds. The minimum atomic E-state index is -0.0935. The molecule has 24 heavy (non-hydrogen) atoms. The van der Waals surface area contributed by atoms with E-state index in [1.165, 1.54) is 4.90 Å². The largest absolute Gasteiger partial charge is 0.466 e. The van der Waals surface area contributed by atoms with Crippen LogP contribution in [0, 0.1) is 5.92 Å². The molecule has 1 aromatic rings. The van der Waals surface area contributed by atoms with Gasteiger partial charge in [0.05, 0.1) is 25.6 Å². The van der Waals surface area contributed by atoms with Gasteiger partial charge in [0.1, 0.15) is 0 Å². The first-order valence-electron chi connectivity index (χ1n) is 8.59. The third kappa shape index (κ3) is 6.13. The molecule has 0 atom stereocenters. The first-order chi connectivity index (χ1) is 11.6. The monoisotopic (exact) mass is 353 g/mol. The molecule has 6 heteroatoms. The predicted octanol–water partition coefficient (Wildman–Crippen LogP) is 0.857. The Bertz CT molecular complexity index is 540. The zero-order valence-corrected chi connectivity index (χ0v) is 14.9. The number of likely N-dealkylation sites (tertiary alicyclic amines) is 1. The number of rotatable bonds is 7. The maximum atomic E-state index is 12.0. The lowest BCUT2D eigenvalue weighted by Crippen LogP contribution is -3.14. The van der Waals surface area contributed by atoms with Gasteiger partial charge in [-0.05, 0) is 31.0 Å². The first kappa shape index (κ1) is 18.7. The average molecular weight is 354 g/mol. The molecule has 2 rings (SSSR count). The van der Waals surface area contributed by atoms with Crippen LogP contribution in [0.3, 0.4) is 0 Å². The fourth-order valence-corrected chi connectivity index (χ4v) is 3.11. The number of benzene rings is 1. The van der Waals surface area contributed by atoms with Crippen molar-refractivity contribution in [2.24, 2.45) is 5.92 Å². The van der Waals surface area contributed by atoms with E-state index in [1.54, 1.807) is 0 Å². The Balaban J connectivity index is 1.63. The maximum absolute atomic E-state index is 12.0. The highest BCUT2D eigenvalue weighted by Gasteiger charge is 2.29. The van der Waals surface area contributed by atoms with Crippen LogP contribution in [0.4, 0.5) is 0 Å². The molecule has 1 saturated heterocycles. The number of carbonyl (C=O) groups is 2. The highest BCUT2D eigenvalue weighted by atomic mass is 35.5. The summed E-state index contributed by atoms with van der Waals surface area (Å²) < 4.78 is 5.06. The standard InChI is InChI=1S/C18H25ClN2O3/c1-2-24-18(23)15-8-11-21(12-9-15)13-17(22)20-10-7-14-3-5-16(19)6-4-14/h3-6,15H,2,7-13H2,1H3,(H,20,22)/p+1. The summed E-state index contributed by atoms with van der Waals surface area (Å²) in [6.45, 7) is 5.03. The Labute approximate surface area is 148 Å². The van der Waals surface area contributed by atoms with Crippen molar-refractivity contribution in [3.8, 4) is 0 Å². The molecule has 5 nitrogen and oxygen atoms in total. The van der Waals surface area contributed by atoms with Crippen molar-refractivity contribution in [3.63, 3.8) is 0 Å². The van der Waals surface area contributed by atoms with Gasteiger partial charge in [0.2, 0.25) is 0 Å². The minimum Gasteiger partial charge on any atom is -0.466 e. The fraction of sp³-hybridized carbons (Fsp3) is 0.556. The van der Waals surface area contributed by atoms with Gasteiger partial charge in [-0.2, -0.15) is 0 Å². The van der Waals surface area contributed by atoms with Gasteiger partial charge in [-0.1, -0.05) is 23.7 Å². The molecule has 1 heterocycles. The highest BCUT2D eigenvalue weighted by Crippen LogP contribution is 2.11. The number of quaternary nitrogens is 1. The van der Waals surface area contributed by atoms with Gasteiger partial charge in [0, 0.05) is 24.4 Å². The number of halogens is 1. The molecule has 0 unspecified atom stereocenters. The molecule has 0 radical (unpaired) electrons. The number of ether oxygens (including phenoxy) is 1. The smallest absolute Gasteiger partial charge is 0.309 e. The molecular formula is C18H26ClN2O3+. The van der Waals surface area contributed by atoms with Crippen LogP contribution in [0.25, 0.3) is 0 Å². The molecule has 0 aromatic heterocycles. The molecule has 132 valence electrons. The second kappa shape index (κ2) is 9.64. The van der Waals surface area contributed by atoms with Crippen molar-refractivity contribution in [3.05, 3.63) is 34.9 Å². The van der Waals surface area contributed by atoms with Crippen molar-refractivity contribution in [2.45, 2.75) is 26.2 Å². The number of piperidine rings is 1. The van der Waals surface area contributed by atoms with Crippen LogP contribution in [0.5, 0.6) is 0 Å². The van der Waals surface area contributed by atoms with Gasteiger partial charge in [0.15, 0.2) is 6.54 Å². The summed E-state index contributed by atoms with van der Waals surface area (Å²) in [6, 6.07) is 7.66. The SMILES string of the molecule is CCOC(=O)C1CC[NH+](CC(=O)NCCc2ccc(Cl)cc2)CC1. The summed E-state index contributed by atoms with van der Waals surface area (Å²) in [4.78, 5) is 25.0. The Morgan fingerprint density at radius 1 is 1.25 bits per heavy atom. The number of hydrogen-bond acceptors (Lipinski definition) is 3. The van der Waals surface area contributed by atoms with Crippen LogP contribution in [-0.2, 0) is 20.7 Å². The average Bonchev–Trinajstić information content (AvgIpc) is 2.57. The quantitative estimate of drug-likeness (QED) is 0.715. The summed E-state index contributed by atoms with van der Waals surface area (Å²) >= 11 is 5.85. The molecule has 1 aromatic carbocycles. The van der Waals surface area contributed by atoms with E-state index in [2.05, 4.69) is 5.32 Å². The molecule has 0 aliphatic carbocycles. The van der Waals surface area contributed by atoms with Gasteiger partial charge in [0.25, 0.3) is 5.91 Å². The summed E-state index contributed by atoms with van der Waals surface area (Å²) in [5, 5.41) is 3.68. The molecule has 0 bridgehead atoms. The van der Waals surface area contributed by atoms with Gasteiger partial charge < -0.3 is 15.0 Å². The third-order valence-corrected chi connectivity index (χ3v) is 4.62. The number of nitrogens with one attached hydrogen (secondary N) is 2. The molecule has 2 N–H and O–H groups in total. The van der Waals surface area contributed by atoms with Crippen molar-refractivity contribution in [2.75, 3.05) is 32.8 Å². The Hall–Kier alpha value is -1.59. The lowest BCUT2D eigenvalue weighted by atomic mass is 9.97. The van der Waals surface area contributed by atoms with E-state index in [0.29, 0.717) is 19.7 Å². The summed E-state index contributed by atoms with van der Waals surface area (Å²) in [5.41, 5.74) is 1.15. The van der Waals surface area contributed by atoms with E-state index in [1.807, 2.05) is 31.2 Å². The normalized spacial score (nSPS) is 20.4. The maximum Gasteiger partial charge on any atom is 0.309 e. The minimum absolute atomic E-state index is 0.00154. The van der Waals surface area contributed by atoms with Crippen LogP contribution in [-0.4, -0.2) is 44.7 Å². The molecular weight excluding hydrogens is 328 g/mol. The number of carbonyl (C=O) groups excluding carboxylic acids is 2. The predicted molar refractivity (Wildman–Crippen MR) is 93.1 cm³/mol. The highest BCUT2D eigenvalue weighted by molar-refractivity contribution is 6.30. The topological polar surface area (TPSA) is 59.8 Å². The van der Waals surface area contributed by atoms with Crippen molar-refractivity contribution < 1.29 is 19.2 Å². The Kier molecular flexibility index (Phi) is 7.53. The van der Waals surface area contributed by atoms with Crippen LogP contribution in [0.15, 0.2) is 24.3 Å². The fourth-order valence-electron chi connectivity index (χ4n) is 2.99. The second-order valence-electron chi connectivity index (χ2n) is 6.18. The van der Waals surface area contributed by atoms with Crippen molar-refractivity contribution in [1.29, 1.82) is 0 Å². The molecule has 0 saturated carbocycles. The van der Waals surface area contributed by atoms with Gasteiger partial charge >= 0.3 is 5.97 Å². The lowest BCUT2D eigenvalue weighted by molar-refractivity contribution is -0.897. The van der Waals surface area contributed by atoms with E-state index in [4.69, 9.17) is 16.3 Å². The van der Waals surface area contributed by atoms with Crippen LogP contribution in [0.2, 0.25) is 5.02 Å². The first-order valence-corrected chi connectivity index (χ1v) is 8.97. The van der Waals surface area contributed by atoms with Crippen LogP contribution < -0.4 is 10.2 Å². The van der Waals surface area contributed by atoms with Crippen LogP contribution in [0.1, 0.15) is 25.3 Å². The van der Waals surface area contributed by atoms with E-state index in [0.717, 1.165) is 42.9 Å². The number of amides is 1. The van der Waals surface area contributed by atoms with Crippen LogP contribution >= 0.6 is 11.6 Å². The number of hydrogen-bond donors (Lipinski definition) is 2. The lowest BCUT2D eigenvalue weighted by Gasteiger charge is -2.27. The summed E-state index contributed by atoms with van der Waals surface area (Å²) in [5.74, 6) is -0.0285. The molecule has 1 aliphatic rings. The van der Waals surface area contributed by atoms with E-state index < -0.39 is 0 Å². The van der Waals surface area contributed by atoms with Gasteiger partial charge in [-0.3, -0.25) is 9.59 Å². The summed E-state index contributed by atoms with van der Waals surface area (Å²) in [6.07, 6.45) is 2.39. The molecule has 0 spiro atoms. The van der Waals surface area contributed by atoms with E-state index >= 15 is 0 Å². The Morgan fingerprint density at radius 2 is 1.92 bits per heavy atom. The van der Waals surface area contributed by atoms with Crippen molar-refractivity contribution >= 4 is 23.5 Å². The zero-order valence-electron chi connectivity index (χ0n) is 14.1. The third-order valence-electron chi connectivity index (χ3n) is 4.37. The summed E-state index contributed by atoms with van der Waals surface area (Å²) in [7, 11) is 0. The zero-order chi connectivity index (χ0) is 17.4.